The Kier molecular flexibility index (Phi) is 24.0. The number of carbonyl (C=O) groups is 3. The highest BCUT2D eigenvalue weighted by Crippen LogP contribution is 2.52. The fourth-order valence-corrected chi connectivity index (χ4v) is 16.9. The number of anilines is 3. The number of alkyl halides is 3. The SMILES string of the molecule is Cc1ccc2c(c1)C1(CCN(C/C=C/c3ccc(Cl)c(Cl)c3)CC1)CN2C(=O)c1ccnc(Cl)c1.O=C(c1cc(Cl)nc(Cl)c1)N1CC2(CCN(C/C=C/c3ccccc3F)CC2)c2cc(F)ccc21.O=C(c1ccnc(Cl)c1)N1CC2(CCN(C/C=C/c3ccc(C(F)(F)F)c(F)c3)CC2)c2cc(Cl)ccc21. The molecule has 6 aliphatic rings. The molecule has 9 heterocycles. The summed E-state index contributed by atoms with van der Waals surface area (Å²) in [4.78, 5) is 64.6. The van der Waals surface area contributed by atoms with Gasteiger partial charge in [0.25, 0.3) is 17.7 Å². The van der Waals surface area contributed by atoms with Crippen LogP contribution >= 0.6 is 81.2 Å². The predicted octanol–water partition coefficient (Wildman–Crippen LogP) is 20.7. The number of hydrogen-bond donors (Lipinski definition) is 0. The number of nitrogens with zero attached hydrogens (tertiary/aromatic N) is 9. The molecule has 0 N–H and O–H groups in total. The monoisotopic (exact) mass is 1600 g/mol. The fourth-order valence-electron chi connectivity index (χ4n) is 15.6. The van der Waals surface area contributed by atoms with Crippen LogP contribution in [0, 0.1) is 24.4 Å². The lowest BCUT2D eigenvalue weighted by atomic mass is 9.74. The molecule has 6 aromatic carbocycles. The summed E-state index contributed by atoms with van der Waals surface area (Å²) in [6.07, 6.45) is 15.0. The van der Waals surface area contributed by atoms with Crippen LogP contribution in [0.3, 0.4) is 0 Å². The van der Waals surface area contributed by atoms with Gasteiger partial charge in [0.05, 0.1) is 15.6 Å². The van der Waals surface area contributed by atoms with E-state index in [0.717, 1.165) is 125 Å². The van der Waals surface area contributed by atoms with Gasteiger partial charge in [0.1, 0.15) is 38.1 Å². The number of aromatic nitrogens is 3. The molecule has 0 radical (unpaired) electrons. The first-order chi connectivity index (χ1) is 51.7. The minimum absolute atomic E-state index is 0.0248. The van der Waals surface area contributed by atoms with Gasteiger partial charge < -0.3 is 14.7 Å². The van der Waals surface area contributed by atoms with Gasteiger partial charge in [0, 0.05) is 112 Å². The maximum atomic E-state index is 14.3. The van der Waals surface area contributed by atoms with E-state index in [9.17, 15) is 40.7 Å². The summed E-state index contributed by atoms with van der Waals surface area (Å²) in [6.45, 7) is 10.9. The molecule has 6 aliphatic heterocycles. The minimum atomic E-state index is -4.72. The second kappa shape index (κ2) is 33.2. The molecule has 25 heteroatoms. The van der Waals surface area contributed by atoms with E-state index in [-0.39, 0.29) is 61.1 Å². The Bertz CT molecular complexity index is 4960. The van der Waals surface area contributed by atoms with Crippen LogP contribution in [0.5, 0.6) is 0 Å². The number of carbonyl (C=O) groups excluding carboxylic acids is 3. The Morgan fingerprint density at radius 1 is 0.444 bits per heavy atom. The maximum Gasteiger partial charge on any atom is 0.419 e. The van der Waals surface area contributed by atoms with E-state index < -0.39 is 17.6 Å². The van der Waals surface area contributed by atoms with E-state index in [1.165, 1.54) is 47.7 Å². The van der Waals surface area contributed by atoms with E-state index in [1.807, 2.05) is 53.5 Å². The van der Waals surface area contributed by atoms with Crippen LogP contribution in [-0.4, -0.2) is 126 Å². The molecular formula is C83H72Cl7F6N9O3. The van der Waals surface area contributed by atoms with Gasteiger partial charge >= 0.3 is 6.18 Å². The zero-order chi connectivity index (χ0) is 76.2. The van der Waals surface area contributed by atoms with Crippen LogP contribution in [0.1, 0.15) is 114 Å². The van der Waals surface area contributed by atoms with Crippen molar-refractivity contribution in [3.05, 3.63) is 297 Å². The standard InChI is InChI=1S/C28H26Cl3N3O.C28H23Cl2F4N3O.C27H23Cl2F2N3O/c1-19-4-7-25-22(15-19)28(18-34(25)27(35)21-8-11-32-26(31)17-21)9-13-33(14-10-28)12-2-3-20-5-6-23(29)24(30)16-20;29-20-4-6-24-22(16-20)27(17-37(24)26(38)19-7-10-35-25(30)15-19)8-12-36(13-9-27)11-1-2-18-3-5-21(23(31)14-18)28(32,33)34;28-24-14-19(15-25(29)32-24)26(35)34-17-27(21-16-20(30)7-8-23(21)34)9-12-33(13-10-27)11-3-5-18-4-1-2-6-22(18)31/h2-8,11,15-17H,9-10,12-14,18H2,1H3;1-7,10,14-16H,8-9,11-13,17H2;1-8,14-16H,9-13,17H2/b3-2+;2-1+;5-3+. The molecule has 0 bridgehead atoms. The highest BCUT2D eigenvalue weighted by molar-refractivity contribution is 6.42. The summed E-state index contributed by atoms with van der Waals surface area (Å²) in [6, 6.07) is 41.5. The first-order valence-corrected chi connectivity index (χ1v) is 37.9. The van der Waals surface area contributed by atoms with Crippen LogP contribution < -0.4 is 14.7 Å². The number of piperidine rings is 3. The van der Waals surface area contributed by atoms with E-state index in [2.05, 4.69) is 66.9 Å². The van der Waals surface area contributed by atoms with Crippen molar-refractivity contribution in [2.75, 3.05) is 93.2 Å². The summed E-state index contributed by atoms with van der Waals surface area (Å²) in [5.41, 5.74) is 8.45. The van der Waals surface area contributed by atoms with E-state index in [1.54, 1.807) is 82.7 Å². The number of aryl methyl sites for hydroxylation is 1. The summed E-state index contributed by atoms with van der Waals surface area (Å²) in [5.74, 6) is -2.26. The quantitative estimate of drug-likeness (QED) is 0.0872. The smallest absolute Gasteiger partial charge is 0.307 e. The number of rotatable bonds is 12. The Labute approximate surface area is 657 Å². The predicted molar refractivity (Wildman–Crippen MR) is 420 cm³/mol. The van der Waals surface area contributed by atoms with E-state index in [4.69, 9.17) is 81.2 Å². The largest absolute Gasteiger partial charge is 0.419 e. The molecule has 3 amide bonds. The molecule has 3 spiro atoms. The van der Waals surface area contributed by atoms with Crippen molar-refractivity contribution >= 4 is 134 Å². The number of benzene rings is 6. The number of likely N-dealkylation sites (tertiary alicyclic amines) is 3. The van der Waals surface area contributed by atoms with Crippen LogP contribution in [-0.2, 0) is 22.4 Å². The van der Waals surface area contributed by atoms with Crippen LogP contribution in [0.2, 0.25) is 35.7 Å². The fraction of sp³-hybridized carbons (Fsp3) is 0.277. The second-order valence-electron chi connectivity index (χ2n) is 28.1. The zero-order valence-corrected chi connectivity index (χ0v) is 63.7. The van der Waals surface area contributed by atoms with Crippen molar-refractivity contribution < 1.29 is 40.7 Å². The average Bonchev–Trinajstić information content (AvgIpc) is 1.60. The number of hydrogen-bond acceptors (Lipinski definition) is 9. The van der Waals surface area contributed by atoms with Crippen LogP contribution in [0.15, 0.2) is 182 Å². The van der Waals surface area contributed by atoms with E-state index >= 15 is 0 Å². The Morgan fingerprint density at radius 2 is 0.889 bits per heavy atom. The molecule has 0 atom stereocenters. The molecule has 0 saturated carbocycles. The van der Waals surface area contributed by atoms with Crippen molar-refractivity contribution in [2.45, 2.75) is 67.9 Å². The molecule has 108 heavy (non-hydrogen) atoms. The Balaban J connectivity index is 0.000000143. The topological polar surface area (TPSA) is 109 Å². The summed E-state index contributed by atoms with van der Waals surface area (Å²) in [5, 5.41) is 2.61. The van der Waals surface area contributed by atoms with Crippen molar-refractivity contribution in [1.82, 2.24) is 29.7 Å². The van der Waals surface area contributed by atoms with Gasteiger partial charge in [0.15, 0.2) is 0 Å². The van der Waals surface area contributed by atoms with Gasteiger partial charge in [-0.2, -0.15) is 13.2 Å². The summed E-state index contributed by atoms with van der Waals surface area (Å²) >= 11 is 42.6. The Hall–Kier alpha value is -8.11. The lowest BCUT2D eigenvalue weighted by Crippen LogP contribution is -2.46. The molecule has 3 fully saturated rings. The lowest BCUT2D eigenvalue weighted by molar-refractivity contribution is -0.140. The molecule has 12 nitrogen and oxygen atoms in total. The van der Waals surface area contributed by atoms with Crippen LogP contribution in [0.25, 0.3) is 18.2 Å². The number of pyridine rings is 3. The average molecular weight is 1610 g/mol. The molecule has 0 unspecified atom stereocenters. The van der Waals surface area contributed by atoms with Gasteiger partial charge in [-0.3, -0.25) is 29.1 Å². The minimum Gasteiger partial charge on any atom is -0.307 e. The number of fused-ring (bicyclic) bond motifs is 6. The zero-order valence-electron chi connectivity index (χ0n) is 58.4. The van der Waals surface area contributed by atoms with Crippen LogP contribution in [0.4, 0.5) is 43.4 Å². The maximum absolute atomic E-state index is 14.3. The molecule has 15 rings (SSSR count). The second-order valence-corrected chi connectivity index (χ2v) is 30.9. The highest BCUT2D eigenvalue weighted by Gasteiger charge is 2.50. The van der Waals surface area contributed by atoms with Gasteiger partial charge in [0.2, 0.25) is 0 Å². The lowest BCUT2D eigenvalue weighted by Gasteiger charge is -2.39. The molecule has 558 valence electrons. The molecule has 3 aromatic heterocycles. The Morgan fingerprint density at radius 3 is 1.38 bits per heavy atom. The van der Waals surface area contributed by atoms with Gasteiger partial charge in [-0.15, -0.1) is 0 Å². The van der Waals surface area contributed by atoms with Crippen molar-refractivity contribution in [3.8, 4) is 0 Å². The highest BCUT2D eigenvalue weighted by atomic mass is 35.5. The van der Waals surface area contributed by atoms with Gasteiger partial charge in [-0.05, 0) is 222 Å². The van der Waals surface area contributed by atoms with Crippen molar-refractivity contribution in [3.63, 3.8) is 0 Å². The first-order valence-electron chi connectivity index (χ1n) is 35.2. The third-order valence-corrected chi connectivity index (χ3v) is 23.1. The molecular weight excluding hydrogens is 1530 g/mol. The molecule has 0 aliphatic carbocycles. The normalized spacial score (nSPS) is 17.3. The van der Waals surface area contributed by atoms with Crippen molar-refractivity contribution in [1.29, 1.82) is 0 Å². The summed E-state index contributed by atoms with van der Waals surface area (Å²) in [7, 11) is 0. The third kappa shape index (κ3) is 17.5. The first kappa shape index (κ1) is 78.0. The van der Waals surface area contributed by atoms with E-state index in [0.29, 0.717) is 86.4 Å². The summed E-state index contributed by atoms with van der Waals surface area (Å²) < 4.78 is 80.4. The van der Waals surface area contributed by atoms with Gasteiger partial charge in [-0.25, -0.2) is 28.1 Å². The van der Waals surface area contributed by atoms with Gasteiger partial charge in [-0.1, -0.05) is 166 Å². The molecule has 3 saturated heterocycles. The molecule has 9 aromatic rings. The number of halogens is 13. The third-order valence-electron chi connectivity index (χ3n) is 21.3. The van der Waals surface area contributed by atoms with Crippen molar-refractivity contribution in [2.24, 2.45) is 0 Å². The number of amides is 3.